The maximum atomic E-state index is 13.0. The Labute approximate surface area is 584 Å². The summed E-state index contributed by atoms with van der Waals surface area (Å²) < 4.78 is 23.0. The van der Waals surface area contributed by atoms with Gasteiger partial charge in [0.1, 0.15) is 13.2 Å². The number of hydrogen-bond acceptors (Lipinski definition) is 7. The Kier molecular flexibility index (Phi) is 70.2. The van der Waals surface area contributed by atoms with E-state index in [1.54, 1.807) is 0 Å². The standard InChI is InChI=1S/C86H141NO8/c1-6-8-10-12-14-16-18-20-22-24-26-28-30-32-34-36-38-40-41-42-43-45-47-49-51-53-55-57-59-61-63-65-67-69-71-73-75-77-84(89)95-82(81-94-86(85(90)91)92-79-78-87(3,4)5)80-93-83(88)76-74-72-70-68-66-64-62-60-58-56-54-52-50-48-46-44-39-37-35-33-31-29-27-25-23-21-19-17-15-13-11-9-7-2/h8-11,14-17,20-23,26-29,32,34,38,40,42-43,47,49,53,55,59,61,82,86H,6-7,12-13,18-19,24-25,30-31,33,35-37,39,41,44-46,48,50-52,54,56-58,60,62-81H2,1-5H3/p+1/b10-8-,11-9-,16-14-,17-15-,22-20-,23-21-,28-26-,29-27-,34-32-,40-38-,43-42-,49-47-,55-53-,61-59-. The average Bonchev–Trinajstić information content (AvgIpc) is 3.75. The number of hydrogen-bond donors (Lipinski definition) is 1. The van der Waals surface area contributed by atoms with Gasteiger partial charge in [0.15, 0.2) is 6.10 Å². The van der Waals surface area contributed by atoms with E-state index >= 15 is 0 Å². The molecule has 0 amide bonds. The Morgan fingerprint density at radius 2 is 0.568 bits per heavy atom. The molecule has 0 bridgehead atoms. The van der Waals surface area contributed by atoms with Gasteiger partial charge in [0, 0.05) is 12.8 Å². The van der Waals surface area contributed by atoms with Crippen LogP contribution in [0, 0.1) is 0 Å². The number of esters is 2. The number of quaternary nitrogens is 1. The maximum Gasteiger partial charge on any atom is 0.361 e. The third-order valence-corrected chi connectivity index (χ3v) is 16.0. The van der Waals surface area contributed by atoms with Crippen molar-refractivity contribution in [1.82, 2.24) is 0 Å². The first kappa shape index (κ1) is 89.6. The number of ether oxygens (including phenoxy) is 4. The van der Waals surface area contributed by atoms with E-state index in [1.807, 2.05) is 21.1 Å². The molecular formula is C86H142NO8+. The van der Waals surface area contributed by atoms with E-state index in [0.29, 0.717) is 23.9 Å². The summed E-state index contributed by atoms with van der Waals surface area (Å²) in [5.74, 6) is -2.03. The number of nitrogens with zero attached hydrogens (tertiary/aromatic N) is 1. The van der Waals surface area contributed by atoms with Crippen molar-refractivity contribution in [3.05, 3.63) is 170 Å². The molecule has 0 aromatic carbocycles. The quantitative estimate of drug-likeness (QED) is 0.0211. The lowest BCUT2D eigenvalue weighted by Crippen LogP contribution is -2.40. The molecule has 0 heterocycles. The zero-order chi connectivity index (χ0) is 69.0. The Morgan fingerprint density at radius 1 is 0.316 bits per heavy atom. The molecular weight excluding hydrogens is 1170 g/mol. The van der Waals surface area contributed by atoms with Crippen LogP contribution < -0.4 is 0 Å². The lowest BCUT2D eigenvalue weighted by atomic mass is 10.0. The fourth-order valence-electron chi connectivity index (χ4n) is 10.2. The average molecular weight is 1320 g/mol. The normalized spacial score (nSPS) is 13.7. The highest BCUT2D eigenvalue weighted by Crippen LogP contribution is 2.17. The molecule has 0 rings (SSSR count). The molecule has 95 heavy (non-hydrogen) atoms. The summed E-state index contributed by atoms with van der Waals surface area (Å²) in [6.45, 7) is 4.64. The van der Waals surface area contributed by atoms with Gasteiger partial charge in [0.25, 0.3) is 6.29 Å². The zero-order valence-electron chi connectivity index (χ0n) is 61.5. The summed E-state index contributed by atoms with van der Waals surface area (Å²) in [5, 5.41) is 9.77. The predicted octanol–water partition coefficient (Wildman–Crippen LogP) is 24.6. The van der Waals surface area contributed by atoms with Crippen molar-refractivity contribution < 1.29 is 42.9 Å². The molecule has 538 valence electrons. The summed E-state index contributed by atoms with van der Waals surface area (Å²) in [5.41, 5.74) is 0. The summed E-state index contributed by atoms with van der Waals surface area (Å²) in [7, 11) is 5.97. The summed E-state index contributed by atoms with van der Waals surface area (Å²) in [6, 6.07) is 0. The predicted molar refractivity (Wildman–Crippen MR) is 410 cm³/mol. The van der Waals surface area contributed by atoms with Gasteiger partial charge in [-0.15, -0.1) is 0 Å². The van der Waals surface area contributed by atoms with Crippen LogP contribution in [0.3, 0.4) is 0 Å². The Balaban J connectivity index is 4.14. The van der Waals surface area contributed by atoms with Crippen molar-refractivity contribution in [3.63, 3.8) is 0 Å². The van der Waals surface area contributed by atoms with Crippen molar-refractivity contribution in [3.8, 4) is 0 Å². The molecule has 0 fully saturated rings. The lowest BCUT2D eigenvalue weighted by molar-refractivity contribution is -0.870. The van der Waals surface area contributed by atoms with Crippen LogP contribution in [0.4, 0.5) is 0 Å². The summed E-state index contributed by atoms with van der Waals surface area (Å²) in [4.78, 5) is 37.7. The van der Waals surface area contributed by atoms with Crippen molar-refractivity contribution in [2.75, 3.05) is 47.5 Å². The number of allylic oxidation sites excluding steroid dienone is 28. The molecule has 0 aromatic rings. The van der Waals surface area contributed by atoms with E-state index < -0.39 is 24.3 Å². The highest BCUT2D eigenvalue weighted by molar-refractivity contribution is 5.71. The molecule has 0 aliphatic carbocycles. The third-order valence-electron chi connectivity index (χ3n) is 16.0. The fourth-order valence-corrected chi connectivity index (χ4v) is 10.2. The van der Waals surface area contributed by atoms with Gasteiger partial charge in [-0.05, 0) is 128 Å². The number of aliphatic carboxylic acids is 1. The molecule has 0 aliphatic rings. The molecule has 0 radical (unpaired) electrons. The number of carboxylic acids is 1. The number of carbonyl (C=O) groups excluding carboxylic acids is 2. The van der Waals surface area contributed by atoms with Gasteiger partial charge in [-0.2, -0.15) is 0 Å². The minimum Gasteiger partial charge on any atom is -0.477 e. The second-order valence-electron chi connectivity index (χ2n) is 26.2. The molecule has 0 aromatic heterocycles. The first-order chi connectivity index (χ1) is 46.6. The van der Waals surface area contributed by atoms with Gasteiger partial charge in [0.2, 0.25) is 0 Å². The molecule has 2 unspecified atom stereocenters. The van der Waals surface area contributed by atoms with Crippen LogP contribution in [-0.2, 0) is 33.3 Å². The van der Waals surface area contributed by atoms with Crippen LogP contribution in [0.2, 0.25) is 0 Å². The van der Waals surface area contributed by atoms with Gasteiger partial charge in [-0.3, -0.25) is 9.59 Å². The first-order valence-electron chi connectivity index (χ1n) is 38.3. The number of unbranched alkanes of at least 4 members (excludes halogenated alkanes) is 26. The van der Waals surface area contributed by atoms with Crippen LogP contribution in [0.15, 0.2) is 170 Å². The molecule has 0 spiro atoms. The Hall–Kier alpha value is -5.35. The van der Waals surface area contributed by atoms with Crippen molar-refractivity contribution in [2.24, 2.45) is 0 Å². The van der Waals surface area contributed by atoms with Crippen molar-refractivity contribution in [2.45, 2.75) is 309 Å². The van der Waals surface area contributed by atoms with Crippen LogP contribution in [-0.4, -0.2) is 87.4 Å². The van der Waals surface area contributed by atoms with Crippen molar-refractivity contribution in [1.29, 1.82) is 0 Å². The minimum absolute atomic E-state index is 0.177. The van der Waals surface area contributed by atoms with Gasteiger partial charge in [-0.25, -0.2) is 4.79 Å². The largest absolute Gasteiger partial charge is 0.477 e. The van der Waals surface area contributed by atoms with E-state index in [9.17, 15) is 19.5 Å². The Morgan fingerprint density at radius 3 is 0.842 bits per heavy atom. The first-order valence-corrected chi connectivity index (χ1v) is 38.3. The van der Waals surface area contributed by atoms with Crippen LogP contribution >= 0.6 is 0 Å². The molecule has 9 heteroatoms. The molecule has 0 saturated carbocycles. The third kappa shape index (κ3) is 75.9. The van der Waals surface area contributed by atoms with E-state index in [1.165, 1.54) is 116 Å². The highest BCUT2D eigenvalue weighted by Gasteiger charge is 2.25. The maximum absolute atomic E-state index is 13.0. The second kappa shape index (κ2) is 74.4. The van der Waals surface area contributed by atoms with Gasteiger partial charge in [-0.1, -0.05) is 325 Å². The van der Waals surface area contributed by atoms with Crippen LogP contribution in [0.1, 0.15) is 296 Å². The van der Waals surface area contributed by atoms with Crippen molar-refractivity contribution >= 4 is 17.9 Å². The molecule has 0 aliphatic heterocycles. The lowest BCUT2D eigenvalue weighted by Gasteiger charge is -2.25. The molecule has 9 nitrogen and oxygen atoms in total. The highest BCUT2D eigenvalue weighted by atomic mass is 16.7. The van der Waals surface area contributed by atoms with Crippen LogP contribution in [0.5, 0.6) is 0 Å². The van der Waals surface area contributed by atoms with E-state index in [-0.39, 0.29) is 32.2 Å². The van der Waals surface area contributed by atoms with Crippen LogP contribution in [0.25, 0.3) is 0 Å². The SMILES string of the molecule is CC/C=C\C/C=C\C/C=C\C/C=C\C/C=C\C/C=C\C/C=C\C/C=C\C/C=C\C/C=C\CCCCCCCCC(=O)OC(COC(=O)CCCCCCCCCCCCCCCCCCCCCC/C=C\C/C=C\C/C=C\C/C=C\CC)COC(OCC[N+](C)(C)C)C(=O)O. The van der Waals surface area contributed by atoms with Gasteiger partial charge in [0.05, 0.1) is 34.4 Å². The van der Waals surface area contributed by atoms with E-state index in [4.69, 9.17) is 18.9 Å². The number of carbonyl (C=O) groups is 3. The smallest absolute Gasteiger partial charge is 0.361 e. The zero-order valence-corrected chi connectivity index (χ0v) is 61.5. The van der Waals surface area contributed by atoms with Gasteiger partial charge < -0.3 is 28.5 Å². The molecule has 0 saturated heterocycles. The molecule has 2 atom stereocenters. The number of likely N-dealkylation sites (N-methyl/N-ethyl adjacent to an activating group) is 1. The van der Waals surface area contributed by atoms with E-state index in [2.05, 4.69) is 184 Å². The fraction of sp³-hybridized carbons (Fsp3) is 0.640. The van der Waals surface area contributed by atoms with Gasteiger partial charge >= 0.3 is 17.9 Å². The topological polar surface area (TPSA) is 108 Å². The second-order valence-corrected chi connectivity index (χ2v) is 26.2. The summed E-state index contributed by atoms with van der Waals surface area (Å²) in [6.07, 6.45) is 109. The number of rotatable bonds is 69. The summed E-state index contributed by atoms with van der Waals surface area (Å²) >= 11 is 0. The monoisotopic (exact) mass is 1320 g/mol. The number of carboxylic acid groups (broad SMARTS) is 1. The van der Waals surface area contributed by atoms with E-state index in [0.717, 1.165) is 148 Å². The minimum atomic E-state index is -1.53. The molecule has 1 N–H and O–H groups in total. The Bertz CT molecular complexity index is 2170.